The standard InChI is InChI=1S/C12H23NO2/c1-2-12-9(6-7-15-12)8-13-10-4-3-5-11(10)14/h9-14H,2-8H2,1H3/t9?,10-,11-,12?/m1/s1. The van der Waals surface area contributed by atoms with Gasteiger partial charge in [0.15, 0.2) is 0 Å². The molecule has 2 unspecified atom stereocenters. The van der Waals surface area contributed by atoms with Crippen LogP contribution in [0.2, 0.25) is 0 Å². The van der Waals surface area contributed by atoms with E-state index in [1.54, 1.807) is 0 Å². The van der Waals surface area contributed by atoms with Crippen molar-refractivity contribution >= 4 is 0 Å². The molecule has 0 bridgehead atoms. The van der Waals surface area contributed by atoms with Crippen LogP contribution in [-0.2, 0) is 4.74 Å². The van der Waals surface area contributed by atoms with E-state index >= 15 is 0 Å². The van der Waals surface area contributed by atoms with E-state index in [9.17, 15) is 5.11 Å². The van der Waals surface area contributed by atoms with Crippen LogP contribution in [0.5, 0.6) is 0 Å². The molecule has 1 aliphatic heterocycles. The van der Waals surface area contributed by atoms with Crippen molar-refractivity contribution in [1.29, 1.82) is 0 Å². The Morgan fingerprint density at radius 1 is 1.33 bits per heavy atom. The number of aliphatic hydroxyl groups is 1. The molecule has 0 radical (unpaired) electrons. The lowest BCUT2D eigenvalue weighted by atomic mass is 9.99. The molecule has 0 aromatic heterocycles. The molecule has 0 aromatic rings. The molecule has 4 atom stereocenters. The van der Waals surface area contributed by atoms with E-state index in [2.05, 4.69) is 12.2 Å². The third-order valence-electron chi connectivity index (χ3n) is 3.87. The summed E-state index contributed by atoms with van der Waals surface area (Å²) in [7, 11) is 0. The van der Waals surface area contributed by atoms with Gasteiger partial charge in [-0.2, -0.15) is 0 Å². The fraction of sp³-hybridized carbons (Fsp3) is 1.00. The van der Waals surface area contributed by atoms with E-state index in [-0.39, 0.29) is 6.10 Å². The van der Waals surface area contributed by atoms with Crippen LogP contribution in [0.1, 0.15) is 39.0 Å². The molecule has 1 heterocycles. The highest BCUT2D eigenvalue weighted by molar-refractivity contribution is 4.85. The van der Waals surface area contributed by atoms with Gasteiger partial charge in [-0.15, -0.1) is 0 Å². The quantitative estimate of drug-likeness (QED) is 0.739. The summed E-state index contributed by atoms with van der Waals surface area (Å²) in [5.41, 5.74) is 0. The molecular weight excluding hydrogens is 190 g/mol. The molecule has 2 aliphatic rings. The van der Waals surface area contributed by atoms with Gasteiger partial charge in [-0.25, -0.2) is 0 Å². The summed E-state index contributed by atoms with van der Waals surface area (Å²) < 4.78 is 5.65. The van der Waals surface area contributed by atoms with Gasteiger partial charge in [-0.3, -0.25) is 0 Å². The Balaban J connectivity index is 1.72. The molecule has 0 aromatic carbocycles. The van der Waals surface area contributed by atoms with E-state index in [0.717, 1.165) is 38.8 Å². The van der Waals surface area contributed by atoms with Crippen molar-refractivity contribution in [1.82, 2.24) is 5.32 Å². The Labute approximate surface area is 92.2 Å². The van der Waals surface area contributed by atoms with E-state index in [4.69, 9.17) is 4.74 Å². The molecule has 88 valence electrons. The van der Waals surface area contributed by atoms with Crippen LogP contribution in [0, 0.1) is 5.92 Å². The Kier molecular flexibility index (Phi) is 4.00. The summed E-state index contributed by atoms with van der Waals surface area (Å²) in [6.07, 6.45) is 5.87. The molecule has 1 saturated carbocycles. The Morgan fingerprint density at radius 3 is 2.87 bits per heavy atom. The molecule has 15 heavy (non-hydrogen) atoms. The van der Waals surface area contributed by atoms with Crippen LogP contribution in [0.4, 0.5) is 0 Å². The first-order valence-corrected chi connectivity index (χ1v) is 6.34. The SMILES string of the molecule is CCC1OCCC1CN[C@@H]1CCC[C@H]1O. The third-order valence-corrected chi connectivity index (χ3v) is 3.87. The lowest BCUT2D eigenvalue weighted by Gasteiger charge is -2.22. The lowest BCUT2D eigenvalue weighted by Crippen LogP contribution is -2.40. The van der Waals surface area contributed by atoms with Crippen molar-refractivity contribution in [3.05, 3.63) is 0 Å². The van der Waals surface area contributed by atoms with Crippen molar-refractivity contribution < 1.29 is 9.84 Å². The van der Waals surface area contributed by atoms with Crippen LogP contribution < -0.4 is 5.32 Å². The van der Waals surface area contributed by atoms with Crippen LogP contribution in [0.3, 0.4) is 0 Å². The highest BCUT2D eigenvalue weighted by Gasteiger charge is 2.29. The molecule has 1 saturated heterocycles. The smallest absolute Gasteiger partial charge is 0.0693 e. The summed E-state index contributed by atoms with van der Waals surface area (Å²) in [6.45, 7) is 4.12. The predicted molar refractivity (Wildman–Crippen MR) is 59.8 cm³/mol. The number of hydrogen-bond donors (Lipinski definition) is 2. The van der Waals surface area contributed by atoms with Gasteiger partial charge in [0.05, 0.1) is 12.2 Å². The first-order valence-electron chi connectivity index (χ1n) is 6.34. The Bertz CT molecular complexity index is 198. The normalized spacial score (nSPS) is 41.2. The van der Waals surface area contributed by atoms with Gasteiger partial charge in [0.25, 0.3) is 0 Å². The van der Waals surface area contributed by atoms with Crippen molar-refractivity contribution in [2.45, 2.75) is 57.3 Å². The van der Waals surface area contributed by atoms with Gasteiger partial charge in [-0.1, -0.05) is 6.92 Å². The molecule has 2 fully saturated rings. The maximum absolute atomic E-state index is 9.69. The van der Waals surface area contributed by atoms with Gasteiger partial charge in [0, 0.05) is 19.2 Å². The highest BCUT2D eigenvalue weighted by Crippen LogP contribution is 2.24. The monoisotopic (exact) mass is 213 g/mol. The van der Waals surface area contributed by atoms with Crippen LogP contribution in [0.25, 0.3) is 0 Å². The molecular formula is C12H23NO2. The summed E-state index contributed by atoms with van der Waals surface area (Å²) in [5, 5.41) is 13.2. The summed E-state index contributed by atoms with van der Waals surface area (Å²) >= 11 is 0. The van der Waals surface area contributed by atoms with E-state index < -0.39 is 0 Å². The number of nitrogens with one attached hydrogen (secondary N) is 1. The summed E-state index contributed by atoms with van der Waals surface area (Å²) in [5.74, 6) is 0.655. The zero-order valence-corrected chi connectivity index (χ0v) is 9.61. The number of ether oxygens (including phenoxy) is 1. The fourth-order valence-corrected chi connectivity index (χ4v) is 2.86. The Morgan fingerprint density at radius 2 is 2.20 bits per heavy atom. The molecule has 1 aliphatic carbocycles. The van der Waals surface area contributed by atoms with Crippen LogP contribution >= 0.6 is 0 Å². The van der Waals surface area contributed by atoms with Crippen molar-refractivity contribution in [3.8, 4) is 0 Å². The van der Waals surface area contributed by atoms with Gasteiger partial charge in [0.2, 0.25) is 0 Å². The fourth-order valence-electron chi connectivity index (χ4n) is 2.86. The Hall–Kier alpha value is -0.120. The van der Waals surface area contributed by atoms with E-state index in [1.165, 1.54) is 6.42 Å². The van der Waals surface area contributed by atoms with Gasteiger partial charge in [-0.05, 0) is 38.0 Å². The topological polar surface area (TPSA) is 41.5 Å². The molecule has 3 heteroatoms. The van der Waals surface area contributed by atoms with Crippen LogP contribution in [0.15, 0.2) is 0 Å². The highest BCUT2D eigenvalue weighted by atomic mass is 16.5. The third kappa shape index (κ3) is 2.71. The largest absolute Gasteiger partial charge is 0.392 e. The average molecular weight is 213 g/mol. The number of hydrogen-bond acceptors (Lipinski definition) is 3. The van der Waals surface area contributed by atoms with E-state index in [1.807, 2.05) is 0 Å². The van der Waals surface area contributed by atoms with E-state index in [0.29, 0.717) is 18.1 Å². The minimum atomic E-state index is -0.118. The molecule has 2 N–H and O–H groups in total. The summed E-state index contributed by atoms with van der Waals surface area (Å²) in [4.78, 5) is 0. The van der Waals surface area contributed by atoms with Crippen molar-refractivity contribution in [3.63, 3.8) is 0 Å². The summed E-state index contributed by atoms with van der Waals surface area (Å²) in [6, 6.07) is 0.336. The van der Waals surface area contributed by atoms with Gasteiger partial charge < -0.3 is 15.2 Å². The second-order valence-corrected chi connectivity index (χ2v) is 4.88. The second-order valence-electron chi connectivity index (χ2n) is 4.88. The predicted octanol–water partition coefficient (Wildman–Crippen LogP) is 1.30. The number of rotatable bonds is 4. The molecule has 0 spiro atoms. The first-order chi connectivity index (χ1) is 7.31. The van der Waals surface area contributed by atoms with Gasteiger partial charge in [0.1, 0.15) is 0 Å². The molecule has 0 amide bonds. The average Bonchev–Trinajstić information content (AvgIpc) is 2.83. The first kappa shape index (κ1) is 11.4. The van der Waals surface area contributed by atoms with Crippen LogP contribution in [-0.4, -0.2) is 36.5 Å². The zero-order chi connectivity index (χ0) is 10.7. The molecule has 3 nitrogen and oxygen atoms in total. The zero-order valence-electron chi connectivity index (χ0n) is 9.61. The minimum Gasteiger partial charge on any atom is -0.392 e. The number of aliphatic hydroxyl groups excluding tert-OH is 1. The minimum absolute atomic E-state index is 0.118. The molecule has 2 rings (SSSR count). The van der Waals surface area contributed by atoms with Crippen molar-refractivity contribution in [2.24, 2.45) is 5.92 Å². The maximum Gasteiger partial charge on any atom is 0.0693 e. The van der Waals surface area contributed by atoms with Gasteiger partial charge >= 0.3 is 0 Å². The van der Waals surface area contributed by atoms with Crippen molar-refractivity contribution in [2.75, 3.05) is 13.2 Å². The second kappa shape index (κ2) is 5.28. The maximum atomic E-state index is 9.69. The lowest BCUT2D eigenvalue weighted by molar-refractivity contribution is 0.0837.